The van der Waals surface area contributed by atoms with Crippen molar-refractivity contribution in [3.05, 3.63) is 24.8 Å². The minimum Gasteiger partial charge on any atom is -0.391 e. The quantitative estimate of drug-likeness (QED) is 0.808. The van der Waals surface area contributed by atoms with Crippen molar-refractivity contribution in [2.24, 2.45) is 0 Å². The zero-order valence-corrected chi connectivity index (χ0v) is 16.0. The number of anilines is 2. The summed E-state index contributed by atoms with van der Waals surface area (Å²) in [4.78, 5) is 15.7. The normalized spacial score (nSPS) is 24.1. The molecule has 0 bridgehead atoms. The highest BCUT2D eigenvalue weighted by Gasteiger charge is 2.32. The van der Waals surface area contributed by atoms with Gasteiger partial charge in [0.1, 0.15) is 18.0 Å². The van der Waals surface area contributed by atoms with E-state index < -0.39 is 0 Å². The van der Waals surface area contributed by atoms with Crippen LogP contribution in [0.5, 0.6) is 0 Å². The standard InChI is InChI=1S/C18H28N8O/c1-23(2)11-15-9-16(27)12-25(15)18-10-17(19-13-20-18)24-6-3-14(4-7-24)26-8-5-21-22-26/h5,8,10,13-16,27H,3-4,6-7,9,11-12H2,1-2H3/t15-,16-/m1/s1. The smallest absolute Gasteiger partial charge is 0.134 e. The SMILES string of the molecule is CN(C)C[C@H]1C[C@@H](O)CN1c1cc(N2CCC(n3ccnn3)CC2)ncn1. The minimum atomic E-state index is -0.299. The molecule has 0 aromatic carbocycles. The first-order valence-electron chi connectivity index (χ1n) is 9.62. The van der Waals surface area contributed by atoms with Crippen molar-refractivity contribution in [1.82, 2.24) is 29.9 Å². The lowest BCUT2D eigenvalue weighted by atomic mass is 10.1. The summed E-state index contributed by atoms with van der Waals surface area (Å²) in [5.74, 6) is 1.86. The second-order valence-electron chi connectivity index (χ2n) is 7.79. The molecule has 0 spiro atoms. The lowest BCUT2D eigenvalue weighted by Crippen LogP contribution is -2.38. The maximum atomic E-state index is 10.2. The molecule has 4 heterocycles. The van der Waals surface area contributed by atoms with Crippen molar-refractivity contribution in [2.75, 3.05) is 50.1 Å². The molecular weight excluding hydrogens is 344 g/mol. The number of hydrogen-bond acceptors (Lipinski definition) is 8. The van der Waals surface area contributed by atoms with Gasteiger partial charge in [0.2, 0.25) is 0 Å². The van der Waals surface area contributed by atoms with Crippen LogP contribution in [0.3, 0.4) is 0 Å². The predicted octanol–water partition coefficient (Wildman–Crippen LogP) is 0.411. The number of hydrogen-bond donors (Lipinski definition) is 1. The van der Waals surface area contributed by atoms with Gasteiger partial charge in [0.15, 0.2) is 0 Å². The molecule has 9 heteroatoms. The maximum Gasteiger partial charge on any atom is 0.134 e. The molecule has 2 aliphatic heterocycles. The van der Waals surface area contributed by atoms with Gasteiger partial charge < -0.3 is 19.8 Å². The number of aliphatic hydroxyl groups excluding tert-OH is 1. The molecule has 9 nitrogen and oxygen atoms in total. The Labute approximate surface area is 159 Å². The summed E-state index contributed by atoms with van der Waals surface area (Å²) in [5, 5.41) is 18.2. The summed E-state index contributed by atoms with van der Waals surface area (Å²) in [5.41, 5.74) is 0. The first kappa shape index (κ1) is 18.1. The molecule has 0 unspecified atom stereocenters. The number of nitrogens with zero attached hydrogens (tertiary/aromatic N) is 8. The van der Waals surface area contributed by atoms with Gasteiger partial charge in [-0.2, -0.15) is 0 Å². The second kappa shape index (κ2) is 7.77. The van der Waals surface area contributed by atoms with Crippen LogP contribution >= 0.6 is 0 Å². The van der Waals surface area contributed by atoms with Crippen molar-refractivity contribution >= 4 is 11.6 Å². The molecule has 0 radical (unpaired) electrons. The van der Waals surface area contributed by atoms with Crippen LogP contribution in [0, 0.1) is 0 Å². The zero-order chi connectivity index (χ0) is 18.8. The average molecular weight is 372 g/mol. The summed E-state index contributed by atoms with van der Waals surface area (Å²) in [6.07, 6.45) is 7.84. The molecule has 4 rings (SSSR count). The van der Waals surface area contributed by atoms with Crippen LogP contribution in [0.1, 0.15) is 25.3 Å². The Hall–Kier alpha value is -2.26. The van der Waals surface area contributed by atoms with E-state index in [9.17, 15) is 5.11 Å². The molecule has 0 aliphatic carbocycles. The minimum absolute atomic E-state index is 0.274. The number of aromatic nitrogens is 5. The van der Waals surface area contributed by atoms with Crippen LogP contribution in [0.4, 0.5) is 11.6 Å². The Morgan fingerprint density at radius 2 is 1.96 bits per heavy atom. The molecule has 2 aromatic rings. The Bertz CT molecular complexity index is 729. The Balaban J connectivity index is 1.45. The fraction of sp³-hybridized carbons (Fsp3) is 0.667. The Morgan fingerprint density at radius 1 is 1.19 bits per heavy atom. The first-order chi connectivity index (χ1) is 13.1. The van der Waals surface area contributed by atoms with Crippen LogP contribution in [0.2, 0.25) is 0 Å². The van der Waals surface area contributed by atoms with Gasteiger partial charge >= 0.3 is 0 Å². The summed E-state index contributed by atoms with van der Waals surface area (Å²) < 4.78 is 1.96. The van der Waals surface area contributed by atoms with E-state index in [-0.39, 0.29) is 12.1 Å². The number of rotatable bonds is 5. The van der Waals surface area contributed by atoms with E-state index >= 15 is 0 Å². The molecule has 146 valence electrons. The summed E-state index contributed by atoms with van der Waals surface area (Å²) in [7, 11) is 4.13. The zero-order valence-electron chi connectivity index (χ0n) is 16.0. The number of likely N-dealkylation sites (N-methyl/N-ethyl adjacent to an activating group) is 1. The fourth-order valence-corrected chi connectivity index (χ4v) is 4.21. The van der Waals surface area contributed by atoms with Crippen molar-refractivity contribution in [2.45, 2.75) is 37.5 Å². The summed E-state index contributed by atoms with van der Waals surface area (Å²) in [6, 6.07) is 2.75. The van der Waals surface area contributed by atoms with Gasteiger partial charge in [0.25, 0.3) is 0 Å². The average Bonchev–Trinajstić information content (AvgIpc) is 3.31. The Kier molecular flexibility index (Phi) is 5.22. The highest BCUT2D eigenvalue weighted by molar-refractivity contribution is 5.52. The van der Waals surface area contributed by atoms with Gasteiger partial charge in [-0.1, -0.05) is 5.21 Å². The molecular formula is C18H28N8O. The lowest BCUT2D eigenvalue weighted by Gasteiger charge is -2.33. The van der Waals surface area contributed by atoms with E-state index in [1.165, 1.54) is 0 Å². The summed E-state index contributed by atoms with van der Waals surface area (Å²) >= 11 is 0. The van der Waals surface area contributed by atoms with Crippen LogP contribution < -0.4 is 9.80 Å². The molecule has 2 fully saturated rings. The van der Waals surface area contributed by atoms with Gasteiger partial charge in [0, 0.05) is 44.5 Å². The number of β-amino-alcohol motifs (C(OH)–C–C–N with tert-alkyl or cyclic N) is 1. The highest BCUT2D eigenvalue weighted by atomic mass is 16.3. The second-order valence-corrected chi connectivity index (χ2v) is 7.79. The van der Waals surface area contributed by atoms with E-state index in [4.69, 9.17) is 0 Å². The van der Waals surface area contributed by atoms with E-state index in [0.717, 1.165) is 50.5 Å². The monoisotopic (exact) mass is 372 g/mol. The van der Waals surface area contributed by atoms with Crippen LogP contribution in [-0.2, 0) is 0 Å². The van der Waals surface area contributed by atoms with Crippen LogP contribution in [0.25, 0.3) is 0 Å². The molecule has 0 saturated carbocycles. The van der Waals surface area contributed by atoms with Gasteiger partial charge in [-0.25, -0.2) is 14.6 Å². The van der Waals surface area contributed by atoms with Gasteiger partial charge in [-0.15, -0.1) is 5.10 Å². The van der Waals surface area contributed by atoms with Crippen LogP contribution in [0.15, 0.2) is 24.8 Å². The number of aliphatic hydroxyl groups is 1. The largest absolute Gasteiger partial charge is 0.391 e. The molecule has 2 saturated heterocycles. The molecule has 1 N–H and O–H groups in total. The van der Waals surface area contributed by atoms with E-state index in [0.29, 0.717) is 12.6 Å². The van der Waals surface area contributed by atoms with E-state index in [1.54, 1.807) is 12.5 Å². The molecule has 2 atom stereocenters. The summed E-state index contributed by atoms with van der Waals surface area (Å²) in [6.45, 7) is 3.40. The van der Waals surface area contributed by atoms with Gasteiger partial charge in [-0.05, 0) is 33.4 Å². The van der Waals surface area contributed by atoms with E-state index in [2.05, 4.69) is 55.1 Å². The molecule has 27 heavy (non-hydrogen) atoms. The van der Waals surface area contributed by atoms with Crippen molar-refractivity contribution < 1.29 is 5.11 Å². The first-order valence-corrected chi connectivity index (χ1v) is 9.62. The van der Waals surface area contributed by atoms with Gasteiger partial charge in [-0.3, -0.25) is 0 Å². The van der Waals surface area contributed by atoms with E-state index in [1.807, 2.05) is 10.9 Å². The van der Waals surface area contributed by atoms with Crippen molar-refractivity contribution in [1.29, 1.82) is 0 Å². The maximum absolute atomic E-state index is 10.2. The third-order valence-corrected chi connectivity index (χ3v) is 5.50. The molecule has 0 amide bonds. The third-order valence-electron chi connectivity index (χ3n) is 5.50. The van der Waals surface area contributed by atoms with Crippen molar-refractivity contribution in [3.63, 3.8) is 0 Å². The van der Waals surface area contributed by atoms with Crippen molar-refractivity contribution in [3.8, 4) is 0 Å². The predicted molar refractivity (Wildman–Crippen MR) is 103 cm³/mol. The highest BCUT2D eigenvalue weighted by Crippen LogP contribution is 2.29. The lowest BCUT2D eigenvalue weighted by molar-refractivity contribution is 0.191. The fourth-order valence-electron chi connectivity index (χ4n) is 4.21. The van der Waals surface area contributed by atoms with Crippen LogP contribution in [-0.4, -0.2) is 87.4 Å². The number of piperidine rings is 1. The molecule has 2 aromatic heterocycles. The molecule has 2 aliphatic rings. The third kappa shape index (κ3) is 4.03. The Morgan fingerprint density at radius 3 is 2.67 bits per heavy atom. The van der Waals surface area contributed by atoms with Gasteiger partial charge in [0.05, 0.1) is 18.3 Å². The topological polar surface area (TPSA) is 86.4 Å².